The minimum Gasteiger partial charge on any atom is -0.399 e. The van der Waals surface area contributed by atoms with Crippen molar-refractivity contribution in [3.63, 3.8) is 0 Å². The molecular formula is C16H21N3. The Balaban J connectivity index is 2.51. The molecule has 0 aliphatic heterocycles. The molecule has 0 saturated carbocycles. The third-order valence-corrected chi connectivity index (χ3v) is 3.81. The molecule has 6 N–H and O–H groups in total. The molecule has 0 bridgehead atoms. The van der Waals surface area contributed by atoms with Crippen molar-refractivity contribution in [3.05, 3.63) is 53.1 Å². The SMILES string of the molecule is Cc1ccc(C(C)(C)c2ccc(N)c(N)c2)cc1N. The van der Waals surface area contributed by atoms with Crippen LogP contribution in [0.25, 0.3) is 0 Å². The Labute approximate surface area is 114 Å². The summed E-state index contributed by atoms with van der Waals surface area (Å²) >= 11 is 0. The van der Waals surface area contributed by atoms with Gasteiger partial charge in [-0.2, -0.15) is 0 Å². The number of anilines is 3. The van der Waals surface area contributed by atoms with Gasteiger partial charge in [0.05, 0.1) is 11.4 Å². The number of nitrogen functional groups attached to an aromatic ring is 3. The highest BCUT2D eigenvalue weighted by atomic mass is 14.7. The van der Waals surface area contributed by atoms with Crippen LogP contribution < -0.4 is 17.2 Å². The minimum absolute atomic E-state index is 0.163. The first-order valence-electron chi connectivity index (χ1n) is 6.34. The van der Waals surface area contributed by atoms with Gasteiger partial charge in [-0.25, -0.2) is 0 Å². The standard InChI is InChI=1S/C16H21N3/c1-10-4-5-11(8-14(10)18)16(2,3)12-6-7-13(17)15(19)9-12/h4-9H,17-19H2,1-3H3. The highest BCUT2D eigenvalue weighted by molar-refractivity contribution is 5.65. The zero-order valence-electron chi connectivity index (χ0n) is 11.7. The zero-order valence-corrected chi connectivity index (χ0v) is 11.7. The first-order valence-corrected chi connectivity index (χ1v) is 6.34. The normalized spacial score (nSPS) is 11.5. The van der Waals surface area contributed by atoms with Crippen molar-refractivity contribution in [1.29, 1.82) is 0 Å². The van der Waals surface area contributed by atoms with Crippen LogP contribution in [0.1, 0.15) is 30.5 Å². The maximum absolute atomic E-state index is 6.00. The fourth-order valence-corrected chi connectivity index (χ4v) is 2.16. The summed E-state index contributed by atoms with van der Waals surface area (Å²) in [7, 11) is 0. The lowest BCUT2D eigenvalue weighted by molar-refractivity contribution is 0.641. The largest absolute Gasteiger partial charge is 0.399 e. The summed E-state index contributed by atoms with van der Waals surface area (Å²) in [6.45, 7) is 6.32. The molecular weight excluding hydrogens is 234 g/mol. The van der Waals surface area contributed by atoms with E-state index in [1.807, 2.05) is 37.3 Å². The predicted octanol–water partition coefficient (Wildman–Crippen LogP) is 3.07. The van der Waals surface area contributed by atoms with Crippen molar-refractivity contribution in [3.8, 4) is 0 Å². The van der Waals surface area contributed by atoms with Gasteiger partial charge < -0.3 is 17.2 Å². The average molecular weight is 255 g/mol. The summed E-state index contributed by atoms with van der Waals surface area (Å²) < 4.78 is 0. The van der Waals surface area contributed by atoms with Crippen LogP contribution in [0.15, 0.2) is 36.4 Å². The summed E-state index contributed by atoms with van der Waals surface area (Å²) in [4.78, 5) is 0. The molecule has 0 unspecified atom stereocenters. The molecule has 0 amide bonds. The van der Waals surface area contributed by atoms with E-state index < -0.39 is 0 Å². The quantitative estimate of drug-likeness (QED) is 0.722. The van der Waals surface area contributed by atoms with E-state index in [4.69, 9.17) is 17.2 Å². The smallest absolute Gasteiger partial charge is 0.0550 e. The third kappa shape index (κ3) is 2.36. The van der Waals surface area contributed by atoms with Crippen LogP contribution in [-0.4, -0.2) is 0 Å². The number of benzene rings is 2. The molecule has 0 fully saturated rings. The van der Waals surface area contributed by atoms with E-state index in [1.54, 1.807) is 0 Å². The summed E-state index contributed by atoms with van der Waals surface area (Å²) in [5, 5.41) is 0. The molecule has 0 atom stereocenters. The molecule has 2 aromatic rings. The van der Waals surface area contributed by atoms with Gasteiger partial charge >= 0.3 is 0 Å². The molecule has 0 saturated heterocycles. The maximum Gasteiger partial charge on any atom is 0.0550 e. The number of aryl methyl sites for hydroxylation is 1. The van der Waals surface area contributed by atoms with Crippen LogP contribution >= 0.6 is 0 Å². The number of rotatable bonds is 2. The summed E-state index contributed by atoms with van der Waals surface area (Å²) in [6, 6.07) is 12.0. The van der Waals surface area contributed by atoms with Crippen LogP contribution in [0.2, 0.25) is 0 Å². The van der Waals surface area contributed by atoms with E-state index in [0.29, 0.717) is 11.4 Å². The highest BCUT2D eigenvalue weighted by Gasteiger charge is 2.24. The van der Waals surface area contributed by atoms with Gasteiger partial charge in [0.2, 0.25) is 0 Å². The van der Waals surface area contributed by atoms with Gasteiger partial charge in [-0.15, -0.1) is 0 Å². The van der Waals surface area contributed by atoms with Gasteiger partial charge in [0.15, 0.2) is 0 Å². The molecule has 0 radical (unpaired) electrons. The molecule has 19 heavy (non-hydrogen) atoms. The van der Waals surface area contributed by atoms with E-state index in [2.05, 4.69) is 19.9 Å². The summed E-state index contributed by atoms with van der Waals surface area (Å²) in [5.41, 5.74) is 22.9. The number of hydrogen-bond acceptors (Lipinski definition) is 3. The Morgan fingerprint density at radius 3 is 1.79 bits per heavy atom. The fraction of sp³-hybridized carbons (Fsp3) is 0.250. The lowest BCUT2D eigenvalue weighted by Crippen LogP contribution is -2.19. The molecule has 2 rings (SSSR count). The van der Waals surface area contributed by atoms with Crippen molar-refractivity contribution >= 4 is 17.1 Å². The fourth-order valence-electron chi connectivity index (χ4n) is 2.16. The highest BCUT2D eigenvalue weighted by Crippen LogP contribution is 2.34. The lowest BCUT2D eigenvalue weighted by Gasteiger charge is -2.27. The summed E-state index contributed by atoms with van der Waals surface area (Å²) in [5.74, 6) is 0. The molecule has 0 aliphatic rings. The van der Waals surface area contributed by atoms with Crippen LogP contribution in [-0.2, 0) is 5.41 Å². The van der Waals surface area contributed by atoms with E-state index in [-0.39, 0.29) is 5.41 Å². The Morgan fingerprint density at radius 1 is 0.737 bits per heavy atom. The van der Waals surface area contributed by atoms with Gasteiger partial charge in [0.1, 0.15) is 0 Å². The second kappa shape index (κ2) is 4.50. The molecule has 0 spiro atoms. The van der Waals surface area contributed by atoms with Crippen LogP contribution in [0.3, 0.4) is 0 Å². The van der Waals surface area contributed by atoms with Crippen molar-refractivity contribution < 1.29 is 0 Å². The van der Waals surface area contributed by atoms with E-state index in [9.17, 15) is 0 Å². The predicted molar refractivity (Wildman–Crippen MR) is 83.0 cm³/mol. The number of nitrogens with two attached hydrogens (primary N) is 3. The Morgan fingerprint density at radius 2 is 1.26 bits per heavy atom. The second-order valence-electron chi connectivity index (χ2n) is 5.54. The summed E-state index contributed by atoms with van der Waals surface area (Å²) in [6.07, 6.45) is 0. The van der Waals surface area contributed by atoms with Crippen molar-refractivity contribution in [1.82, 2.24) is 0 Å². The third-order valence-electron chi connectivity index (χ3n) is 3.81. The molecule has 100 valence electrons. The van der Waals surface area contributed by atoms with Gasteiger partial charge in [-0.05, 0) is 41.8 Å². The first-order chi connectivity index (χ1) is 8.82. The second-order valence-corrected chi connectivity index (χ2v) is 5.54. The molecule has 0 heterocycles. The monoisotopic (exact) mass is 255 g/mol. The van der Waals surface area contributed by atoms with Gasteiger partial charge in [0, 0.05) is 11.1 Å². The van der Waals surface area contributed by atoms with Crippen molar-refractivity contribution in [2.24, 2.45) is 0 Å². The van der Waals surface area contributed by atoms with Gasteiger partial charge in [0.25, 0.3) is 0 Å². The Hall–Kier alpha value is -2.16. The number of hydrogen-bond donors (Lipinski definition) is 3. The average Bonchev–Trinajstić information content (AvgIpc) is 2.35. The molecule has 3 nitrogen and oxygen atoms in total. The topological polar surface area (TPSA) is 78.1 Å². The van der Waals surface area contributed by atoms with E-state index in [0.717, 1.165) is 16.8 Å². The van der Waals surface area contributed by atoms with Crippen LogP contribution in [0, 0.1) is 6.92 Å². The van der Waals surface area contributed by atoms with Gasteiger partial charge in [-0.1, -0.05) is 32.0 Å². The van der Waals surface area contributed by atoms with Gasteiger partial charge in [-0.3, -0.25) is 0 Å². The van der Waals surface area contributed by atoms with Crippen molar-refractivity contribution in [2.75, 3.05) is 17.2 Å². The molecule has 0 aromatic heterocycles. The minimum atomic E-state index is -0.163. The maximum atomic E-state index is 6.00. The lowest BCUT2D eigenvalue weighted by atomic mass is 9.77. The molecule has 2 aromatic carbocycles. The van der Waals surface area contributed by atoms with Crippen LogP contribution in [0.4, 0.5) is 17.1 Å². The van der Waals surface area contributed by atoms with Crippen LogP contribution in [0.5, 0.6) is 0 Å². The molecule has 0 aliphatic carbocycles. The zero-order chi connectivity index (χ0) is 14.2. The van der Waals surface area contributed by atoms with Crippen molar-refractivity contribution in [2.45, 2.75) is 26.2 Å². The Bertz CT molecular complexity index is 562. The van der Waals surface area contributed by atoms with E-state index in [1.165, 1.54) is 5.56 Å². The first kappa shape index (κ1) is 13.3. The molecule has 3 heteroatoms. The Kier molecular flexibility index (Phi) is 3.14. The van der Waals surface area contributed by atoms with E-state index >= 15 is 0 Å².